The summed E-state index contributed by atoms with van der Waals surface area (Å²) in [4.78, 5) is 4.86. The van der Waals surface area contributed by atoms with E-state index >= 15 is 0 Å². The molecule has 0 spiro atoms. The van der Waals surface area contributed by atoms with E-state index in [-0.39, 0.29) is 0 Å². The quantitative estimate of drug-likeness (QED) is 0.629. The zero-order valence-electron chi connectivity index (χ0n) is 8.88. The summed E-state index contributed by atoms with van der Waals surface area (Å²) in [5.41, 5.74) is 0. The van der Waals surface area contributed by atoms with Crippen molar-refractivity contribution in [2.75, 3.05) is 33.7 Å². The van der Waals surface area contributed by atoms with Gasteiger partial charge in [0.15, 0.2) is 0 Å². The lowest BCUT2D eigenvalue weighted by molar-refractivity contribution is 0.233. The number of nitrogens with zero attached hydrogens (tertiary/aromatic N) is 2. The first kappa shape index (κ1) is 10.0. The van der Waals surface area contributed by atoms with Gasteiger partial charge in [-0.15, -0.1) is 0 Å². The lowest BCUT2D eigenvalue weighted by Gasteiger charge is -2.22. The van der Waals surface area contributed by atoms with Crippen molar-refractivity contribution in [1.29, 1.82) is 0 Å². The van der Waals surface area contributed by atoms with Crippen molar-refractivity contribution in [2.24, 2.45) is 5.92 Å². The minimum atomic E-state index is 0.806. The second kappa shape index (κ2) is 4.24. The molecular weight excluding hydrogens is 148 g/mol. The maximum Gasteiger partial charge on any atom is 0.0112 e. The van der Waals surface area contributed by atoms with Gasteiger partial charge in [0, 0.05) is 25.7 Å². The van der Waals surface area contributed by atoms with E-state index in [1.165, 1.54) is 26.1 Å². The van der Waals surface area contributed by atoms with Gasteiger partial charge in [-0.1, -0.05) is 6.92 Å². The molecule has 0 aliphatic carbocycles. The summed E-state index contributed by atoms with van der Waals surface area (Å²) in [7, 11) is 4.29. The predicted molar refractivity (Wildman–Crippen MR) is 53.4 cm³/mol. The average Bonchev–Trinajstić information content (AvgIpc) is 2.26. The van der Waals surface area contributed by atoms with Crippen molar-refractivity contribution in [3.63, 3.8) is 0 Å². The van der Waals surface area contributed by atoms with Crippen molar-refractivity contribution in [2.45, 2.75) is 26.3 Å². The largest absolute Gasteiger partial charge is 0.308 e. The Morgan fingerprint density at radius 3 is 2.42 bits per heavy atom. The summed E-state index contributed by atoms with van der Waals surface area (Å²) in [5, 5.41) is 0. The third-order valence-corrected chi connectivity index (χ3v) is 2.75. The van der Waals surface area contributed by atoms with Crippen molar-refractivity contribution in [1.82, 2.24) is 9.80 Å². The first-order valence-corrected chi connectivity index (χ1v) is 4.98. The number of rotatable bonds is 3. The molecule has 0 aromatic heterocycles. The van der Waals surface area contributed by atoms with E-state index in [4.69, 9.17) is 0 Å². The Morgan fingerprint density at radius 2 is 2.00 bits per heavy atom. The van der Waals surface area contributed by atoms with Gasteiger partial charge < -0.3 is 4.90 Å². The van der Waals surface area contributed by atoms with Crippen LogP contribution in [0.1, 0.15) is 20.3 Å². The van der Waals surface area contributed by atoms with E-state index in [1.807, 2.05) is 0 Å². The van der Waals surface area contributed by atoms with E-state index in [0.29, 0.717) is 0 Å². The molecule has 0 N–H and O–H groups in total. The fourth-order valence-electron chi connectivity index (χ4n) is 2.03. The molecule has 0 aromatic rings. The average molecular weight is 170 g/mol. The van der Waals surface area contributed by atoms with Crippen LogP contribution in [0.4, 0.5) is 0 Å². The molecule has 0 bridgehead atoms. The summed E-state index contributed by atoms with van der Waals surface area (Å²) >= 11 is 0. The third kappa shape index (κ3) is 2.76. The minimum absolute atomic E-state index is 0.806. The highest BCUT2D eigenvalue weighted by Crippen LogP contribution is 2.21. The number of likely N-dealkylation sites (N-methyl/N-ethyl adjacent to an activating group) is 1. The number of likely N-dealkylation sites (tertiary alicyclic amines) is 1. The van der Waals surface area contributed by atoms with Crippen LogP contribution in [0.3, 0.4) is 0 Å². The van der Waals surface area contributed by atoms with Crippen LogP contribution in [-0.4, -0.2) is 49.6 Å². The number of hydrogen-bond acceptors (Lipinski definition) is 2. The topological polar surface area (TPSA) is 6.48 Å². The molecule has 1 saturated heterocycles. The zero-order chi connectivity index (χ0) is 9.14. The normalized spacial score (nSPS) is 31.8. The third-order valence-electron chi connectivity index (χ3n) is 2.75. The van der Waals surface area contributed by atoms with Crippen LogP contribution in [0.5, 0.6) is 0 Å². The standard InChI is InChI=1S/C10H22N2/c1-9-7-10(2)12(8-9)6-5-11(3)4/h9-10H,5-8H2,1-4H3. The summed E-state index contributed by atoms with van der Waals surface area (Å²) in [6.07, 6.45) is 1.38. The van der Waals surface area contributed by atoms with Crippen LogP contribution < -0.4 is 0 Å². The zero-order valence-corrected chi connectivity index (χ0v) is 8.88. The smallest absolute Gasteiger partial charge is 0.0112 e. The highest BCUT2D eigenvalue weighted by molar-refractivity contribution is 4.80. The molecular formula is C10H22N2. The van der Waals surface area contributed by atoms with Crippen LogP contribution in [0, 0.1) is 5.92 Å². The van der Waals surface area contributed by atoms with Crippen molar-refractivity contribution < 1.29 is 0 Å². The van der Waals surface area contributed by atoms with E-state index in [0.717, 1.165) is 12.0 Å². The molecule has 1 aliphatic heterocycles. The van der Waals surface area contributed by atoms with Crippen LogP contribution in [-0.2, 0) is 0 Å². The molecule has 1 fully saturated rings. The molecule has 1 aliphatic rings. The van der Waals surface area contributed by atoms with Gasteiger partial charge in [-0.05, 0) is 33.4 Å². The van der Waals surface area contributed by atoms with Gasteiger partial charge in [-0.25, -0.2) is 0 Å². The van der Waals surface area contributed by atoms with Crippen molar-refractivity contribution in [3.8, 4) is 0 Å². The second-order valence-corrected chi connectivity index (χ2v) is 4.49. The molecule has 12 heavy (non-hydrogen) atoms. The molecule has 0 aromatic carbocycles. The summed E-state index contributed by atoms with van der Waals surface area (Å²) in [5.74, 6) is 0.905. The fraction of sp³-hybridized carbons (Fsp3) is 1.00. The maximum absolute atomic E-state index is 2.60. The van der Waals surface area contributed by atoms with Gasteiger partial charge in [-0.3, -0.25) is 4.90 Å². The molecule has 1 rings (SSSR count). The number of hydrogen-bond donors (Lipinski definition) is 0. The summed E-state index contributed by atoms with van der Waals surface area (Å²) in [6, 6.07) is 0.806. The highest BCUT2D eigenvalue weighted by Gasteiger charge is 2.25. The minimum Gasteiger partial charge on any atom is -0.308 e. The van der Waals surface area contributed by atoms with Crippen LogP contribution in [0.25, 0.3) is 0 Å². The highest BCUT2D eigenvalue weighted by atomic mass is 15.2. The van der Waals surface area contributed by atoms with E-state index in [9.17, 15) is 0 Å². The molecule has 2 atom stereocenters. The predicted octanol–water partition coefficient (Wildman–Crippen LogP) is 1.28. The summed E-state index contributed by atoms with van der Waals surface area (Å²) < 4.78 is 0. The van der Waals surface area contributed by atoms with E-state index in [1.54, 1.807) is 0 Å². The lowest BCUT2D eigenvalue weighted by Crippen LogP contribution is -2.34. The van der Waals surface area contributed by atoms with Gasteiger partial charge in [0.05, 0.1) is 0 Å². The molecule has 0 radical (unpaired) electrons. The van der Waals surface area contributed by atoms with Gasteiger partial charge in [0.1, 0.15) is 0 Å². The molecule has 2 heteroatoms. The second-order valence-electron chi connectivity index (χ2n) is 4.49. The maximum atomic E-state index is 2.60. The van der Waals surface area contributed by atoms with Crippen molar-refractivity contribution >= 4 is 0 Å². The Hall–Kier alpha value is -0.0800. The lowest BCUT2D eigenvalue weighted by atomic mass is 10.1. The molecule has 0 saturated carbocycles. The first-order valence-electron chi connectivity index (χ1n) is 4.98. The molecule has 72 valence electrons. The van der Waals surface area contributed by atoms with Gasteiger partial charge in [-0.2, -0.15) is 0 Å². The van der Waals surface area contributed by atoms with E-state index < -0.39 is 0 Å². The van der Waals surface area contributed by atoms with E-state index in [2.05, 4.69) is 37.7 Å². The fourth-order valence-corrected chi connectivity index (χ4v) is 2.03. The van der Waals surface area contributed by atoms with Gasteiger partial charge in [0.25, 0.3) is 0 Å². The Labute approximate surface area is 76.5 Å². The molecule has 2 nitrogen and oxygen atoms in total. The molecule has 1 heterocycles. The summed E-state index contributed by atoms with van der Waals surface area (Å²) in [6.45, 7) is 8.43. The Balaban J connectivity index is 2.23. The van der Waals surface area contributed by atoms with Crippen LogP contribution >= 0.6 is 0 Å². The monoisotopic (exact) mass is 170 g/mol. The SMILES string of the molecule is CC1CC(C)N(CCN(C)C)C1. The van der Waals surface area contributed by atoms with Crippen molar-refractivity contribution in [3.05, 3.63) is 0 Å². The molecule has 0 amide bonds. The van der Waals surface area contributed by atoms with Gasteiger partial charge in [0.2, 0.25) is 0 Å². The van der Waals surface area contributed by atoms with Gasteiger partial charge >= 0.3 is 0 Å². The Kier molecular flexibility index (Phi) is 3.53. The Bertz CT molecular complexity index is 134. The first-order chi connectivity index (χ1) is 5.59. The van der Waals surface area contributed by atoms with Crippen LogP contribution in [0.2, 0.25) is 0 Å². The Morgan fingerprint density at radius 1 is 1.33 bits per heavy atom. The molecule has 2 unspecified atom stereocenters. The van der Waals surface area contributed by atoms with Crippen LogP contribution in [0.15, 0.2) is 0 Å².